The number of pyridine rings is 1. The Morgan fingerprint density at radius 3 is 2.77 bits per heavy atom. The summed E-state index contributed by atoms with van der Waals surface area (Å²) in [5, 5.41) is 17.2. The lowest BCUT2D eigenvalue weighted by atomic mass is 9.98. The van der Waals surface area contributed by atoms with Crippen LogP contribution in [0.1, 0.15) is 71.4 Å². The summed E-state index contributed by atoms with van der Waals surface area (Å²) < 4.78 is 5.49. The second kappa shape index (κ2) is 8.97. The third-order valence-corrected chi connectivity index (χ3v) is 5.48. The molecule has 2 heterocycles. The Morgan fingerprint density at radius 2 is 2.10 bits per heavy atom. The van der Waals surface area contributed by atoms with Crippen LogP contribution in [-0.2, 0) is 6.54 Å². The van der Waals surface area contributed by atoms with Crippen LogP contribution in [0.2, 0.25) is 0 Å². The first-order valence-corrected chi connectivity index (χ1v) is 9.98. The van der Waals surface area contributed by atoms with Gasteiger partial charge in [0, 0.05) is 29.3 Å². The van der Waals surface area contributed by atoms with E-state index in [-0.39, 0.29) is 41.8 Å². The van der Waals surface area contributed by atoms with Crippen molar-refractivity contribution in [2.45, 2.75) is 45.1 Å². The van der Waals surface area contributed by atoms with Gasteiger partial charge >= 0.3 is 0 Å². The molecule has 6 nitrogen and oxygen atoms in total. The number of nitriles is 1. The number of amidine groups is 1. The van der Waals surface area contributed by atoms with Crippen molar-refractivity contribution in [2.24, 2.45) is 0 Å². The van der Waals surface area contributed by atoms with Crippen molar-refractivity contribution in [1.82, 2.24) is 9.88 Å². The van der Waals surface area contributed by atoms with Gasteiger partial charge in [0.25, 0.3) is 0 Å². The highest BCUT2D eigenvalue weighted by atomic mass is 79.9. The van der Waals surface area contributed by atoms with E-state index < -0.39 is 0 Å². The van der Waals surface area contributed by atoms with E-state index in [4.69, 9.17) is 15.4 Å². The lowest BCUT2D eigenvalue weighted by molar-refractivity contribution is 0.0962. The largest absolute Gasteiger partial charge is 0.478 e. The fourth-order valence-electron chi connectivity index (χ4n) is 3.69. The number of ketones is 1. The molecule has 1 N–H and O–H groups in total. The summed E-state index contributed by atoms with van der Waals surface area (Å²) >= 11 is 0. The number of rotatable bonds is 7. The van der Waals surface area contributed by atoms with Crippen LogP contribution in [0.3, 0.4) is 0 Å². The van der Waals surface area contributed by atoms with Gasteiger partial charge < -0.3 is 9.64 Å². The Bertz CT molecular complexity index is 1020. The first-order chi connectivity index (χ1) is 14.0. The molecule has 0 atom stereocenters. The number of hydrogen-bond acceptors (Lipinski definition) is 5. The Labute approximate surface area is 187 Å². The van der Waals surface area contributed by atoms with Gasteiger partial charge in [-0.15, -0.1) is 17.0 Å². The van der Waals surface area contributed by atoms with Gasteiger partial charge in [0.05, 0.1) is 6.54 Å². The third kappa shape index (κ3) is 4.39. The van der Waals surface area contributed by atoms with E-state index in [9.17, 15) is 4.79 Å². The van der Waals surface area contributed by atoms with Crippen LogP contribution in [0.5, 0.6) is 5.75 Å². The summed E-state index contributed by atoms with van der Waals surface area (Å²) in [7, 11) is 0. The summed E-state index contributed by atoms with van der Waals surface area (Å²) in [4.78, 5) is 19.4. The Kier molecular flexibility index (Phi) is 6.57. The molecule has 4 rings (SSSR count). The van der Waals surface area contributed by atoms with E-state index >= 15 is 0 Å². The predicted molar refractivity (Wildman–Crippen MR) is 120 cm³/mol. The van der Waals surface area contributed by atoms with Crippen molar-refractivity contribution in [3.8, 4) is 11.8 Å². The van der Waals surface area contributed by atoms with Gasteiger partial charge in [-0.2, -0.15) is 5.26 Å². The molecule has 0 saturated heterocycles. The molecule has 0 spiro atoms. The third-order valence-electron chi connectivity index (χ3n) is 5.48. The zero-order chi connectivity index (χ0) is 20.5. The number of nitrogens with one attached hydrogen (secondary N) is 1. The molecule has 1 aliphatic heterocycles. The summed E-state index contributed by atoms with van der Waals surface area (Å²) in [5.41, 5.74) is 4.28. The molecular weight excluding hydrogens is 444 g/mol. The van der Waals surface area contributed by atoms with Gasteiger partial charge in [0.15, 0.2) is 12.4 Å². The van der Waals surface area contributed by atoms with Gasteiger partial charge in [-0.05, 0) is 48.6 Å². The lowest BCUT2D eigenvalue weighted by Gasteiger charge is -2.18. The van der Waals surface area contributed by atoms with Crippen LogP contribution in [0.4, 0.5) is 0 Å². The second-order valence-corrected chi connectivity index (χ2v) is 8.00. The standard InChI is InChI=1S/C23H24N4O2.BrH/c1-14(2)18-11-16(6-8-21(18)29-10-9-24)20(28)13-27-12-17-5-7-19(15-3-4-15)26-22(17)23(27)25;/h5-8,11,14-15,25H,3-4,10,12-13H2,1-2H3;1H. The minimum absolute atomic E-state index is 0. The Balaban J connectivity index is 0.00000256. The number of carbonyl (C=O) groups is 1. The molecule has 156 valence electrons. The van der Waals surface area contributed by atoms with Crippen LogP contribution in [-0.4, -0.2) is 34.7 Å². The van der Waals surface area contributed by atoms with Crippen LogP contribution in [0, 0.1) is 16.7 Å². The average Bonchev–Trinajstić information content (AvgIpc) is 3.52. The molecule has 1 aromatic heterocycles. The number of carbonyl (C=O) groups excluding carboxylic acids is 1. The van der Waals surface area contributed by atoms with E-state index in [2.05, 4.69) is 11.1 Å². The number of halogens is 1. The maximum Gasteiger partial charge on any atom is 0.182 e. The maximum absolute atomic E-state index is 12.9. The van der Waals surface area contributed by atoms with Gasteiger partial charge in [0.1, 0.15) is 23.3 Å². The van der Waals surface area contributed by atoms with Gasteiger partial charge in [-0.1, -0.05) is 19.9 Å². The number of ether oxygens (including phenoxy) is 1. The number of hydrogen-bond donors (Lipinski definition) is 1. The van der Waals surface area contributed by atoms with Gasteiger partial charge in [-0.25, -0.2) is 4.98 Å². The van der Waals surface area contributed by atoms with Gasteiger partial charge in [0.2, 0.25) is 0 Å². The highest BCUT2D eigenvalue weighted by molar-refractivity contribution is 8.93. The summed E-state index contributed by atoms with van der Waals surface area (Å²) in [6.45, 7) is 4.71. The number of nitrogens with zero attached hydrogens (tertiary/aromatic N) is 3. The minimum atomic E-state index is -0.0429. The number of benzene rings is 1. The molecule has 7 heteroatoms. The molecule has 1 fully saturated rings. The predicted octanol–water partition coefficient (Wildman–Crippen LogP) is 4.59. The molecule has 1 aliphatic carbocycles. The highest BCUT2D eigenvalue weighted by Crippen LogP contribution is 2.39. The van der Waals surface area contributed by atoms with Crippen molar-refractivity contribution in [3.05, 3.63) is 58.4 Å². The Morgan fingerprint density at radius 1 is 1.33 bits per heavy atom. The molecule has 1 saturated carbocycles. The molecule has 1 aromatic carbocycles. The summed E-state index contributed by atoms with van der Waals surface area (Å²) in [5.74, 6) is 1.62. The quantitative estimate of drug-likeness (QED) is 0.600. The number of aromatic nitrogens is 1. The minimum Gasteiger partial charge on any atom is -0.478 e. The SMILES string of the molecule is Br.CC(C)c1cc(C(=O)CN2Cc3ccc(C4CC4)nc3C2=N)ccc1OCC#N. The van der Waals surface area contributed by atoms with Crippen LogP contribution in [0.15, 0.2) is 30.3 Å². The van der Waals surface area contributed by atoms with E-state index in [1.165, 1.54) is 12.8 Å². The van der Waals surface area contributed by atoms with Crippen LogP contribution in [0.25, 0.3) is 0 Å². The molecule has 0 radical (unpaired) electrons. The topological polar surface area (TPSA) is 90.1 Å². The van der Waals surface area contributed by atoms with Crippen LogP contribution < -0.4 is 4.74 Å². The van der Waals surface area contributed by atoms with Crippen LogP contribution >= 0.6 is 17.0 Å². The normalized spacial score (nSPS) is 14.9. The summed E-state index contributed by atoms with van der Waals surface area (Å²) in [6.07, 6.45) is 2.35. The smallest absolute Gasteiger partial charge is 0.182 e. The molecule has 2 aromatic rings. The molecule has 0 unspecified atom stereocenters. The maximum atomic E-state index is 12.9. The van der Waals surface area contributed by atoms with E-state index in [0.29, 0.717) is 35.3 Å². The first-order valence-electron chi connectivity index (χ1n) is 9.98. The summed E-state index contributed by atoms with van der Waals surface area (Å²) in [6, 6.07) is 11.4. The van der Waals surface area contributed by atoms with E-state index in [1.54, 1.807) is 17.0 Å². The zero-order valence-corrected chi connectivity index (χ0v) is 18.9. The fraction of sp³-hybridized carbons (Fsp3) is 0.391. The molecule has 0 amide bonds. The first kappa shape index (κ1) is 22.0. The second-order valence-electron chi connectivity index (χ2n) is 8.00. The average molecular weight is 469 g/mol. The van der Waals surface area contributed by atoms with Crippen molar-refractivity contribution >= 4 is 28.6 Å². The van der Waals surface area contributed by atoms with E-state index in [0.717, 1.165) is 16.8 Å². The lowest BCUT2D eigenvalue weighted by Crippen LogP contribution is -2.30. The van der Waals surface area contributed by atoms with Crippen molar-refractivity contribution in [1.29, 1.82) is 10.7 Å². The van der Waals surface area contributed by atoms with Gasteiger partial charge in [-0.3, -0.25) is 10.2 Å². The molecular formula is C23H25BrN4O2. The van der Waals surface area contributed by atoms with E-state index in [1.807, 2.05) is 32.0 Å². The molecule has 2 aliphatic rings. The Hall–Kier alpha value is -2.72. The number of Topliss-reactive ketones (excluding diaryl/α,β-unsaturated/α-hetero) is 1. The number of fused-ring (bicyclic) bond motifs is 1. The van der Waals surface area contributed by atoms with Crippen molar-refractivity contribution in [2.75, 3.05) is 13.2 Å². The molecule has 0 bridgehead atoms. The molecule has 30 heavy (non-hydrogen) atoms. The fourth-order valence-corrected chi connectivity index (χ4v) is 3.69. The van der Waals surface area contributed by atoms with Crippen molar-refractivity contribution < 1.29 is 9.53 Å². The highest BCUT2D eigenvalue weighted by Gasteiger charge is 2.31. The van der Waals surface area contributed by atoms with Crippen molar-refractivity contribution in [3.63, 3.8) is 0 Å². The monoisotopic (exact) mass is 468 g/mol. The zero-order valence-electron chi connectivity index (χ0n) is 17.1.